The van der Waals surface area contributed by atoms with Gasteiger partial charge in [-0.25, -0.2) is 0 Å². The third kappa shape index (κ3) is 3.13. The fraction of sp³-hybridized carbons (Fsp3) is 0.944. The van der Waals surface area contributed by atoms with Crippen LogP contribution in [0.5, 0.6) is 0 Å². The van der Waals surface area contributed by atoms with Crippen molar-refractivity contribution in [3.8, 4) is 0 Å². The van der Waals surface area contributed by atoms with Crippen molar-refractivity contribution < 1.29 is 4.79 Å². The van der Waals surface area contributed by atoms with E-state index in [4.69, 9.17) is 0 Å². The highest BCUT2D eigenvalue weighted by molar-refractivity contribution is 5.76. The predicted octanol–water partition coefficient (Wildman–Crippen LogP) is 3.10. The van der Waals surface area contributed by atoms with E-state index in [0.717, 1.165) is 31.8 Å². The Morgan fingerprint density at radius 3 is 2.29 bits per heavy atom. The van der Waals surface area contributed by atoms with E-state index in [9.17, 15) is 4.79 Å². The highest BCUT2D eigenvalue weighted by Crippen LogP contribution is 2.70. The van der Waals surface area contributed by atoms with Gasteiger partial charge in [-0.15, -0.1) is 0 Å². The van der Waals surface area contributed by atoms with E-state index >= 15 is 0 Å². The third-order valence-corrected chi connectivity index (χ3v) is 6.20. The Morgan fingerprint density at radius 1 is 1.05 bits per heavy atom. The average Bonchev–Trinajstić information content (AvgIpc) is 2.29. The Balaban J connectivity index is 1.61. The van der Waals surface area contributed by atoms with Crippen molar-refractivity contribution in [1.82, 2.24) is 10.6 Å². The number of hydrogen-bond acceptors (Lipinski definition) is 2. The topological polar surface area (TPSA) is 41.1 Å². The van der Waals surface area contributed by atoms with Gasteiger partial charge >= 0.3 is 0 Å². The molecule has 2 unspecified atom stereocenters. The molecule has 0 aromatic heterocycles. The molecule has 0 saturated heterocycles. The number of rotatable bonds is 6. The maximum atomic E-state index is 12.4. The van der Waals surface area contributed by atoms with Crippen LogP contribution in [0.2, 0.25) is 0 Å². The Bertz CT molecular complexity index is 401. The summed E-state index contributed by atoms with van der Waals surface area (Å²) < 4.78 is 0. The summed E-state index contributed by atoms with van der Waals surface area (Å²) in [6.45, 7) is 6.75. The van der Waals surface area contributed by atoms with Crippen LogP contribution in [0.1, 0.15) is 65.2 Å². The highest BCUT2D eigenvalue weighted by atomic mass is 16.1. The molecule has 0 aromatic rings. The van der Waals surface area contributed by atoms with Gasteiger partial charge in [0.1, 0.15) is 0 Å². The second-order valence-corrected chi connectivity index (χ2v) is 9.11. The highest BCUT2D eigenvalue weighted by Gasteiger charge is 2.60. The summed E-state index contributed by atoms with van der Waals surface area (Å²) in [5.41, 5.74) is 1.34. The van der Waals surface area contributed by atoms with E-state index in [0.29, 0.717) is 22.2 Å². The molecule has 4 saturated carbocycles. The predicted molar refractivity (Wildman–Crippen MR) is 86.0 cm³/mol. The van der Waals surface area contributed by atoms with E-state index in [-0.39, 0.29) is 0 Å². The summed E-state index contributed by atoms with van der Waals surface area (Å²) in [6.07, 6.45) is 9.89. The van der Waals surface area contributed by atoms with Crippen molar-refractivity contribution in [2.75, 3.05) is 20.1 Å². The molecule has 4 aliphatic carbocycles. The monoisotopic (exact) mass is 292 g/mol. The normalized spacial score (nSPS) is 44.0. The lowest BCUT2D eigenvalue weighted by molar-refractivity contribution is -0.156. The van der Waals surface area contributed by atoms with Gasteiger partial charge in [-0.2, -0.15) is 0 Å². The molecule has 1 amide bonds. The van der Waals surface area contributed by atoms with Crippen LogP contribution in [0, 0.1) is 22.2 Å². The molecule has 3 heteroatoms. The van der Waals surface area contributed by atoms with Gasteiger partial charge in [0.25, 0.3) is 0 Å². The van der Waals surface area contributed by atoms with Crippen LogP contribution in [0.25, 0.3) is 0 Å². The van der Waals surface area contributed by atoms with Crippen LogP contribution >= 0.6 is 0 Å². The minimum Gasteiger partial charge on any atom is -0.356 e. The average molecular weight is 292 g/mol. The SMILES string of the molecule is CNCCCNC(=O)CC12CC3CC(C)(CC(C)(C3)C1)C2. The second-order valence-electron chi connectivity index (χ2n) is 9.11. The number of amides is 1. The Morgan fingerprint density at radius 2 is 1.71 bits per heavy atom. The van der Waals surface area contributed by atoms with Gasteiger partial charge in [0, 0.05) is 13.0 Å². The fourth-order valence-corrected chi connectivity index (χ4v) is 6.78. The second kappa shape index (κ2) is 5.26. The van der Waals surface area contributed by atoms with Crippen molar-refractivity contribution >= 4 is 5.91 Å². The Hall–Kier alpha value is -0.570. The molecule has 21 heavy (non-hydrogen) atoms. The fourth-order valence-electron chi connectivity index (χ4n) is 6.78. The summed E-state index contributed by atoms with van der Waals surface area (Å²) in [5, 5.41) is 6.27. The number of carbonyl (C=O) groups is 1. The quantitative estimate of drug-likeness (QED) is 0.739. The molecule has 0 radical (unpaired) electrons. The van der Waals surface area contributed by atoms with Gasteiger partial charge in [0.2, 0.25) is 5.91 Å². The molecule has 4 rings (SSSR count). The van der Waals surface area contributed by atoms with Crippen LogP contribution in [-0.2, 0) is 4.79 Å². The van der Waals surface area contributed by atoms with Crippen LogP contribution in [-0.4, -0.2) is 26.0 Å². The van der Waals surface area contributed by atoms with Crippen molar-refractivity contribution in [3.05, 3.63) is 0 Å². The van der Waals surface area contributed by atoms with Crippen molar-refractivity contribution in [1.29, 1.82) is 0 Å². The first kappa shape index (κ1) is 15.3. The van der Waals surface area contributed by atoms with Crippen molar-refractivity contribution in [3.63, 3.8) is 0 Å². The van der Waals surface area contributed by atoms with Gasteiger partial charge in [0.05, 0.1) is 0 Å². The van der Waals surface area contributed by atoms with Crippen LogP contribution in [0.3, 0.4) is 0 Å². The molecule has 4 fully saturated rings. The lowest BCUT2D eigenvalue weighted by atomic mass is 9.40. The Kier molecular flexibility index (Phi) is 3.84. The molecular formula is C18H32N2O. The van der Waals surface area contributed by atoms with E-state index < -0.39 is 0 Å². The van der Waals surface area contributed by atoms with Gasteiger partial charge < -0.3 is 10.6 Å². The molecule has 0 aliphatic heterocycles. The summed E-state index contributed by atoms with van der Waals surface area (Å²) in [4.78, 5) is 12.4. The minimum absolute atomic E-state index is 0.292. The third-order valence-electron chi connectivity index (χ3n) is 6.20. The van der Waals surface area contributed by atoms with Crippen LogP contribution < -0.4 is 10.6 Å². The zero-order chi connectivity index (χ0) is 15.1. The smallest absolute Gasteiger partial charge is 0.220 e. The number of nitrogens with one attached hydrogen (secondary N) is 2. The van der Waals surface area contributed by atoms with Crippen molar-refractivity contribution in [2.24, 2.45) is 22.2 Å². The number of carbonyl (C=O) groups excluding carboxylic acids is 1. The van der Waals surface area contributed by atoms with E-state index in [1.807, 2.05) is 7.05 Å². The largest absolute Gasteiger partial charge is 0.356 e. The first-order chi connectivity index (χ1) is 9.86. The maximum absolute atomic E-state index is 12.4. The molecule has 2 N–H and O–H groups in total. The molecule has 0 heterocycles. The molecule has 120 valence electrons. The first-order valence-corrected chi connectivity index (χ1v) is 8.78. The van der Waals surface area contributed by atoms with Crippen LogP contribution in [0.15, 0.2) is 0 Å². The van der Waals surface area contributed by atoms with Gasteiger partial charge in [-0.1, -0.05) is 13.8 Å². The first-order valence-electron chi connectivity index (χ1n) is 8.78. The molecule has 0 aromatic carbocycles. The number of hydrogen-bond donors (Lipinski definition) is 2. The zero-order valence-corrected chi connectivity index (χ0v) is 14.1. The van der Waals surface area contributed by atoms with Gasteiger partial charge in [-0.05, 0) is 80.7 Å². The van der Waals surface area contributed by atoms with Crippen LogP contribution in [0.4, 0.5) is 0 Å². The zero-order valence-electron chi connectivity index (χ0n) is 14.1. The molecular weight excluding hydrogens is 260 g/mol. The maximum Gasteiger partial charge on any atom is 0.220 e. The van der Waals surface area contributed by atoms with E-state index in [1.54, 1.807) is 0 Å². The Labute approximate surface area is 129 Å². The van der Waals surface area contributed by atoms with Crippen molar-refractivity contribution in [2.45, 2.75) is 65.2 Å². The summed E-state index contributed by atoms with van der Waals surface area (Å²) in [6, 6.07) is 0. The summed E-state index contributed by atoms with van der Waals surface area (Å²) in [5.74, 6) is 1.17. The summed E-state index contributed by atoms with van der Waals surface area (Å²) >= 11 is 0. The summed E-state index contributed by atoms with van der Waals surface area (Å²) in [7, 11) is 1.96. The lowest BCUT2D eigenvalue weighted by Gasteiger charge is -2.65. The molecule has 4 aliphatic rings. The molecule has 2 atom stereocenters. The molecule has 4 bridgehead atoms. The van der Waals surface area contributed by atoms with E-state index in [1.165, 1.54) is 38.5 Å². The van der Waals surface area contributed by atoms with Gasteiger partial charge in [0.15, 0.2) is 0 Å². The minimum atomic E-state index is 0.292. The van der Waals surface area contributed by atoms with Gasteiger partial charge in [-0.3, -0.25) is 4.79 Å². The lowest BCUT2D eigenvalue weighted by Crippen LogP contribution is -2.56. The van der Waals surface area contributed by atoms with E-state index in [2.05, 4.69) is 24.5 Å². The standard InChI is InChI=1S/C18H32N2O/c1-16-7-14-8-17(2,11-16)13-18(9-14,12-16)10-15(21)20-6-4-5-19-3/h14,19H,4-13H2,1-3H3,(H,20,21). The molecule has 3 nitrogen and oxygen atoms in total. The molecule has 0 spiro atoms.